The summed E-state index contributed by atoms with van der Waals surface area (Å²) < 4.78 is 19.4. The Morgan fingerprint density at radius 3 is 2.86 bits per heavy atom. The molecule has 0 saturated carbocycles. The number of hydrogen-bond acceptors (Lipinski definition) is 4. The van der Waals surface area contributed by atoms with Gasteiger partial charge in [0, 0.05) is 38.3 Å². The first-order valence-corrected chi connectivity index (χ1v) is 10.7. The number of aromatic nitrogens is 2. The fraction of sp³-hybridized carbons (Fsp3) is 0.667. The third kappa shape index (κ3) is 3.56. The molecule has 7 heteroatoms. The van der Waals surface area contributed by atoms with Crippen molar-refractivity contribution in [3.63, 3.8) is 0 Å². The molecule has 3 unspecified atom stereocenters. The van der Waals surface area contributed by atoms with Crippen molar-refractivity contribution in [3.05, 3.63) is 28.8 Å². The van der Waals surface area contributed by atoms with Crippen molar-refractivity contribution in [1.29, 1.82) is 0 Å². The summed E-state index contributed by atoms with van der Waals surface area (Å²) in [5.41, 5.74) is 1.35. The lowest BCUT2D eigenvalue weighted by molar-refractivity contribution is -0.112. The lowest BCUT2D eigenvalue weighted by Crippen LogP contribution is -2.69. The third-order valence-corrected chi connectivity index (χ3v) is 6.90. The van der Waals surface area contributed by atoms with E-state index in [4.69, 9.17) is 16.3 Å². The van der Waals surface area contributed by atoms with E-state index in [0.29, 0.717) is 28.1 Å². The number of imidazole rings is 1. The number of fused-ring (bicyclic) bond motifs is 3. The largest absolute Gasteiger partial charge is 0.376 e. The summed E-state index contributed by atoms with van der Waals surface area (Å²) in [5, 5.41) is 0.365. The van der Waals surface area contributed by atoms with E-state index in [9.17, 15) is 4.39 Å². The van der Waals surface area contributed by atoms with E-state index in [1.807, 2.05) is 0 Å². The summed E-state index contributed by atoms with van der Waals surface area (Å²) >= 11 is 6.13. The molecule has 28 heavy (non-hydrogen) atoms. The molecular formula is C21H28ClFN4O. The number of nitrogens with one attached hydrogen (secondary N) is 1. The highest BCUT2D eigenvalue weighted by molar-refractivity contribution is 6.34. The highest BCUT2D eigenvalue weighted by Gasteiger charge is 2.45. The van der Waals surface area contributed by atoms with Crippen molar-refractivity contribution < 1.29 is 9.13 Å². The van der Waals surface area contributed by atoms with Gasteiger partial charge in [0.15, 0.2) is 0 Å². The summed E-state index contributed by atoms with van der Waals surface area (Å²) in [5.74, 6) is 1.27. The first-order valence-electron chi connectivity index (χ1n) is 10.3. The summed E-state index contributed by atoms with van der Waals surface area (Å²) in [4.78, 5) is 13.0. The van der Waals surface area contributed by atoms with E-state index in [1.165, 1.54) is 31.5 Å². The van der Waals surface area contributed by atoms with Crippen LogP contribution in [0.5, 0.6) is 0 Å². The molecule has 3 atom stereocenters. The maximum Gasteiger partial charge on any atom is 0.126 e. The molecule has 6 rings (SSSR count). The number of ether oxygens (including phenoxy) is 1. The maximum atomic E-state index is 13.5. The van der Waals surface area contributed by atoms with Crippen LogP contribution in [0, 0.1) is 11.7 Å². The Labute approximate surface area is 170 Å². The molecule has 5 nitrogen and oxygen atoms in total. The predicted molar refractivity (Wildman–Crippen MR) is 108 cm³/mol. The molecule has 4 aliphatic rings. The van der Waals surface area contributed by atoms with Gasteiger partial charge in [-0.25, -0.2) is 9.37 Å². The van der Waals surface area contributed by atoms with Crippen LogP contribution in [0.1, 0.15) is 38.9 Å². The number of nitrogens with zero attached hydrogens (tertiary/aromatic N) is 3. The lowest BCUT2D eigenvalue weighted by atomic mass is 9.82. The van der Waals surface area contributed by atoms with Crippen molar-refractivity contribution in [3.8, 4) is 0 Å². The normalized spacial score (nSPS) is 30.5. The average molecular weight is 407 g/mol. The molecule has 0 spiro atoms. The van der Waals surface area contributed by atoms with Crippen molar-refractivity contribution in [2.24, 2.45) is 5.92 Å². The van der Waals surface area contributed by atoms with Gasteiger partial charge in [-0.2, -0.15) is 0 Å². The van der Waals surface area contributed by atoms with Crippen LogP contribution in [0.3, 0.4) is 0 Å². The number of H-pyrrole nitrogens is 1. The van der Waals surface area contributed by atoms with Gasteiger partial charge in [0.2, 0.25) is 0 Å². The van der Waals surface area contributed by atoms with Crippen molar-refractivity contribution in [2.75, 3.05) is 26.2 Å². The zero-order valence-corrected chi connectivity index (χ0v) is 17.3. The van der Waals surface area contributed by atoms with Gasteiger partial charge in [-0.15, -0.1) is 0 Å². The average Bonchev–Trinajstić information content (AvgIpc) is 3.01. The van der Waals surface area contributed by atoms with Gasteiger partial charge in [0.05, 0.1) is 22.7 Å². The van der Waals surface area contributed by atoms with Crippen LogP contribution < -0.4 is 0 Å². The molecule has 4 fully saturated rings. The van der Waals surface area contributed by atoms with E-state index >= 15 is 0 Å². The van der Waals surface area contributed by atoms with Crippen LogP contribution in [0.4, 0.5) is 4.39 Å². The third-order valence-electron chi connectivity index (χ3n) is 6.62. The van der Waals surface area contributed by atoms with E-state index in [2.05, 4.69) is 33.6 Å². The Morgan fingerprint density at radius 2 is 2.11 bits per heavy atom. The van der Waals surface area contributed by atoms with Gasteiger partial charge in [0.1, 0.15) is 17.2 Å². The van der Waals surface area contributed by atoms with E-state index in [-0.39, 0.29) is 11.4 Å². The number of benzene rings is 1. The van der Waals surface area contributed by atoms with E-state index < -0.39 is 0 Å². The molecule has 1 N–H and O–H groups in total. The molecule has 1 aromatic carbocycles. The first-order chi connectivity index (χ1) is 13.4. The molecule has 152 valence electrons. The number of piperazine rings is 1. The molecule has 0 radical (unpaired) electrons. The van der Waals surface area contributed by atoms with Crippen molar-refractivity contribution in [2.45, 2.75) is 57.3 Å². The van der Waals surface area contributed by atoms with Crippen LogP contribution in [-0.4, -0.2) is 63.7 Å². The first kappa shape index (κ1) is 18.8. The monoisotopic (exact) mass is 406 g/mol. The van der Waals surface area contributed by atoms with Crippen molar-refractivity contribution in [1.82, 2.24) is 19.8 Å². The van der Waals surface area contributed by atoms with Crippen LogP contribution in [0.2, 0.25) is 5.02 Å². The summed E-state index contributed by atoms with van der Waals surface area (Å²) in [6.45, 7) is 9.42. The Bertz CT molecular complexity index is 873. The Hall–Kier alpha value is -1.21. The topological polar surface area (TPSA) is 44.4 Å². The molecule has 5 heterocycles. The fourth-order valence-corrected chi connectivity index (χ4v) is 5.64. The van der Waals surface area contributed by atoms with Gasteiger partial charge < -0.3 is 9.72 Å². The van der Waals surface area contributed by atoms with Gasteiger partial charge in [-0.3, -0.25) is 9.80 Å². The molecule has 2 aromatic rings. The van der Waals surface area contributed by atoms with Crippen molar-refractivity contribution >= 4 is 22.6 Å². The summed E-state index contributed by atoms with van der Waals surface area (Å²) in [7, 11) is 0. The zero-order chi connectivity index (χ0) is 19.5. The summed E-state index contributed by atoms with van der Waals surface area (Å²) in [6.07, 6.45) is 3.64. The summed E-state index contributed by atoms with van der Waals surface area (Å²) in [6, 6.07) is 4.08. The van der Waals surface area contributed by atoms with Crippen LogP contribution in [0.25, 0.3) is 11.0 Å². The Kier molecular flexibility index (Phi) is 4.66. The molecular weight excluding hydrogens is 379 g/mol. The molecule has 1 aromatic heterocycles. The lowest BCUT2D eigenvalue weighted by Gasteiger charge is -2.57. The van der Waals surface area contributed by atoms with Crippen LogP contribution in [-0.2, 0) is 11.3 Å². The van der Waals surface area contributed by atoms with Crippen LogP contribution >= 0.6 is 11.6 Å². The minimum Gasteiger partial charge on any atom is -0.376 e. The Balaban J connectivity index is 1.20. The van der Waals surface area contributed by atoms with E-state index in [0.717, 1.165) is 44.4 Å². The Morgan fingerprint density at radius 1 is 1.32 bits per heavy atom. The SMILES string of the molecule is CC1(C)CC(CN2C3CC2CN(Cc2nc4c(Cl)cc(F)cc4[nH]2)C3)CCO1. The number of rotatable bonds is 4. The minimum absolute atomic E-state index is 0.0248. The number of halogens is 2. The van der Waals surface area contributed by atoms with Gasteiger partial charge in [-0.1, -0.05) is 11.6 Å². The second-order valence-electron chi connectivity index (χ2n) is 9.37. The zero-order valence-electron chi connectivity index (χ0n) is 16.5. The van der Waals surface area contributed by atoms with Gasteiger partial charge >= 0.3 is 0 Å². The molecule has 4 saturated heterocycles. The highest BCUT2D eigenvalue weighted by Crippen LogP contribution is 2.37. The predicted octanol–water partition coefficient (Wildman–Crippen LogP) is 3.82. The number of piperidine rings is 1. The minimum atomic E-state index is -0.334. The highest BCUT2D eigenvalue weighted by atomic mass is 35.5. The number of aromatic amines is 1. The second kappa shape index (κ2) is 6.94. The quantitative estimate of drug-likeness (QED) is 0.838. The standard InChI is InChI=1S/C21H28ClFN4O/c1-21(2)8-13(3-4-28-21)9-27-15-7-16(27)11-26(10-15)12-19-24-18-6-14(23)5-17(22)20(18)25-19/h5-6,13,15-16H,3-4,7-12H2,1-2H3,(H,24,25). The smallest absolute Gasteiger partial charge is 0.126 e. The maximum absolute atomic E-state index is 13.5. The second-order valence-corrected chi connectivity index (χ2v) is 9.78. The van der Waals surface area contributed by atoms with Gasteiger partial charge in [0.25, 0.3) is 0 Å². The molecule has 2 bridgehead atoms. The van der Waals surface area contributed by atoms with E-state index in [1.54, 1.807) is 0 Å². The van der Waals surface area contributed by atoms with Crippen LogP contribution in [0.15, 0.2) is 12.1 Å². The van der Waals surface area contributed by atoms with Gasteiger partial charge in [-0.05, 0) is 51.2 Å². The number of hydrogen-bond donors (Lipinski definition) is 1. The molecule has 0 amide bonds. The molecule has 4 aliphatic heterocycles. The fourth-order valence-electron chi connectivity index (χ4n) is 5.39. The molecule has 0 aliphatic carbocycles.